The Bertz CT molecular complexity index is 1140. The predicted octanol–water partition coefficient (Wildman–Crippen LogP) is 4.12. The third kappa shape index (κ3) is 4.89. The van der Waals surface area contributed by atoms with E-state index in [0.29, 0.717) is 18.4 Å². The third-order valence-electron chi connectivity index (χ3n) is 7.46. The number of pyridine rings is 1. The quantitative estimate of drug-likeness (QED) is 0.503. The summed E-state index contributed by atoms with van der Waals surface area (Å²) in [4.78, 5) is 11.0. The number of hydrogen-bond donors (Lipinski definition) is 1. The molecule has 34 heavy (non-hydrogen) atoms. The highest BCUT2D eigenvalue weighted by Crippen LogP contribution is 2.42. The topological polar surface area (TPSA) is 107 Å². The highest BCUT2D eigenvalue weighted by Gasteiger charge is 2.35. The Hall–Kier alpha value is -1.94. The van der Waals surface area contributed by atoms with Gasteiger partial charge in [0.1, 0.15) is 0 Å². The average molecular weight is 485 g/mol. The van der Waals surface area contributed by atoms with Crippen LogP contribution in [0.15, 0.2) is 24.7 Å². The van der Waals surface area contributed by atoms with Gasteiger partial charge in [-0.2, -0.15) is 5.10 Å². The Kier molecular flexibility index (Phi) is 7.24. The van der Waals surface area contributed by atoms with E-state index in [1.165, 1.54) is 5.56 Å². The highest BCUT2D eigenvalue weighted by molar-refractivity contribution is 7.79. The monoisotopic (exact) mass is 484 g/mol. The van der Waals surface area contributed by atoms with Gasteiger partial charge in [0.2, 0.25) is 0 Å². The maximum atomic E-state index is 12.4. The SMILES string of the molecule is CC(C)COC1CCCN(C(C2CCC(c3cn[nH]c4cnc5nccc5c34)CC2)S(=O)[O-])C1. The van der Waals surface area contributed by atoms with Crippen LogP contribution in [0.25, 0.3) is 21.9 Å². The summed E-state index contributed by atoms with van der Waals surface area (Å²) in [5, 5.41) is 9.21. The van der Waals surface area contributed by atoms with Crippen molar-refractivity contribution in [1.29, 1.82) is 0 Å². The summed E-state index contributed by atoms with van der Waals surface area (Å²) in [6.07, 6.45) is 11.4. The van der Waals surface area contributed by atoms with Gasteiger partial charge in [0, 0.05) is 30.1 Å². The molecule has 184 valence electrons. The molecule has 1 aliphatic heterocycles. The second-order valence-electron chi connectivity index (χ2n) is 10.3. The van der Waals surface area contributed by atoms with Gasteiger partial charge in [0.15, 0.2) is 5.65 Å². The number of fused-ring (bicyclic) bond motifs is 3. The van der Waals surface area contributed by atoms with Crippen LogP contribution < -0.4 is 0 Å². The zero-order valence-electron chi connectivity index (χ0n) is 20.0. The Morgan fingerprint density at radius 2 is 2.03 bits per heavy atom. The molecule has 0 spiro atoms. The lowest BCUT2D eigenvalue weighted by molar-refractivity contribution is -0.0216. The number of aromatic amines is 1. The average Bonchev–Trinajstić information content (AvgIpc) is 3.32. The molecular formula is C25H34N5O3S-. The van der Waals surface area contributed by atoms with Crippen molar-refractivity contribution >= 4 is 33.0 Å². The van der Waals surface area contributed by atoms with E-state index in [4.69, 9.17) is 4.74 Å². The minimum atomic E-state index is -2.13. The van der Waals surface area contributed by atoms with Crippen LogP contribution in [0.1, 0.15) is 63.9 Å². The smallest absolute Gasteiger partial charge is 0.159 e. The summed E-state index contributed by atoms with van der Waals surface area (Å²) in [5.41, 5.74) is 2.88. The molecular weight excluding hydrogens is 450 g/mol. The summed E-state index contributed by atoms with van der Waals surface area (Å²) in [5.74, 6) is 0.984. The molecule has 3 aromatic rings. The van der Waals surface area contributed by atoms with Crippen molar-refractivity contribution in [1.82, 2.24) is 25.1 Å². The molecule has 2 fully saturated rings. The summed E-state index contributed by atoms with van der Waals surface area (Å²) in [6, 6.07) is 2.01. The van der Waals surface area contributed by atoms with Crippen LogP contribution in [0.3, 0.4) is 0 Å². The van der Waals surface area contributed by atoms with Crippen LogP contribution in [-0.2, 0) is 15.8 Å². The van der Waals surface area contributed by atoms with E-state index in [9.17, 15) is 8.76 Å². The Balaban J connectivity index is 1.30. The number of H-pyrrole nitrogens is 1. The molecule has 1 saturated heterocycles. The van der Waals surface area contributed by atoms with Crippen LogP contribution in [-0.4, -0.2) is 65.0 Å². The molecule has 8 nitrogen and oxygen atoms in total. The molecule has 1 aliphatic carbocycles. The van der Waals surface area contributed by atoms with Crippen LogP contribution in [0, 0.1) is 11.8 Å². The molecule has 1 saturated carbocycles. The van der Waals surface area contributed by atoms with E-state index in [-0.39, 0.29) is 12.0 Å². The Morgan fingerprint density at radius 3 is 2.79 bits per heavy atom. The summed E-state index contributed by atoms with van der Waals surface area (Å²) < 4.78 is 30.9. The fourth-order valence-electron chi connectivity index (χ4n) is 5.86. The normalized spacial score (nSPS) is 26.3. The van der Waals surface area contributed by atoms with Crippen molar-refractivity contribution in [3.63, 3.8) is 0 Å². The molecule has 1 N–H and O–H groups in total. The van der Waals surface area contributed by atoms with E-state index >= 15 is 0 Å². The standard InChI is InChI=1S/C25H35N5O3S/c1-16(2)15-33-19-4-3-11-30(14-19)25(34(31)32)18-7-5-17(6-8-18)21-12-28-29-22-13-27-24-20(23(21)22)9-10-26-24/h9-10,12-13,16-19,25,29H,3-8,11,14-15H2,1-2H3,(H,31,32)/p-1. The molecule has 0 radical (unpaired) electrons. The molecule has 0 amide bonds. The second kappa shape index (κ2) is 10.4. The molecule has 4 heterocycles. The summed E-state index contributed by atoms with van der Waals surface area (Å²) in [7, 11) is 0. The van der Waals surface area contributed by atoms with Crippen molar-refractivity contribution in [2.24, 2.45) is 11.8 Å². The number of hydrogen-bond acceptors (Lipinski definition) is 7. The molecule has 2 aliphatic rings. The Labute approximate surface area is 203 Å². The first-order chi connectivity index (χ1) is 16.5. The molecule has 3 atom stereocenters. The van der Waals surface area contributed by atoms with Gasteiger partial charge in [0.25, 0.3) is 0 Å². The van der Waals surface area contributed by atoms with Crippen molar-refractivity contribution in [3.05, 3.63) is 30.2 Å². The lowest BCUT2D eigenvalue weighted by Gasteiger charge is -2.44. The predicted molar refractivity (Wildman–Crippen MR) is 132 cm³/mol. The van der Waals surface area contributed by atoms with Gasteiger partial charge < -0.3 is 9.29 Å². The van der Waals surface area contributed by atoms with Crippen LogP contribution in [0.4, 0.5) is 0 Å². The summed E-state index contributed by atoms with van der Waals surface area (Å²) in [6.45, 7) is 6.57. The van der Waals surface area contributed by atoms with E-state index in [1.807, 2.05) is 12.3 Å². The van der Waals surface area contributed by atoms with Crippen LogP contribution in [0.2, 0.25) is 0 Å². The minimum absolute atomic E-state index is 0.130. The van der Waals surface area contributed by atoms with E-state index in [2.05, 4.69) is 38.9 Å². The fraction of sp³-hybridized carbons (Fsp3) is 0.640. The van der Waals surface area contributed by atoms with Crippen LogP contribution in [0.5, 0.6) is 0 Å². The summed E-state index contributed by atoms with van der Waals surface area (Å²) >= 11 is -2.13. The van der Waals surface area contributed by atoms with Gasteiger partial charge in [-0.3, -0.25) is 14.2 Å². The molecule has 3 unspecified atom stereocenters. The molecule has 0 aromatic carbocycles. The number of nitrogens with zero attached hydrogens (tertiary/aromatic N) is 4. The number of likely N-dealkylation sites (tertiary alicyclic amines) is 1. The number of aromatic nitrogens is 4. The Morgan fingerprint density at radius 1 is 1.21 bits per heavy atom. The number of ether oxygens (including phenoxy) is 1. The number of nitrogens with one attached hydrogen (secondary N) is 1. The first-order valence-electron chi connectivity index (χ1n) is 12.5. The lowest BCUT2D eigenvalue weighted by atomic mass is 9.77. The molecule has 5 rings (SSSR count). The maximum Gasteiger partial charge on any atom is 0.159 e. The van der Waals surface area contributed by atoms with E-state index < -0.39 is 16.5 Å². The second-order valence-corrected chi connectivity index (χ2v) is 11.3. The zero-order chi connectivity index (χ0) is 23.7. The van der Waals surface area contributed by atoms with E-state index in [0.717, 1.165) is 73.6 Å². The lowest BCUT2D eigenvalue weighted by Crippen LogP contribution is -2.51. The molecule has 9 heteroatoms. The fourth-order valence-corrected chi connectivity index (χ4v) is 6.88. The van der Waals surface area contributed by atoms with Crippen molar-refractivity contribution in [3.8, 4) is 0 Å². The first kappa shape index (κ1) is 23.8. The van der Waals surface area contributed by atoms with Crippen LogP contribution >= 0.6 is 0 Å². The maximum absolute atomic E-state index is 12.4. The van der Waals surface area contributed by atoms with Gasteiger partial charge in [-0.25, -0.2) is 9.97 Å². The third-order valence-corrected chi connectivity index (χ3v) is 8.54. The first-order valence-corrected chi connectivity index (χ1v) is 13.7. The van der Waals surface area contributed by atoms with Crippen molar-refractivity contribution in [2.45, 2.75) is 69.8 Å². The van der Waals surface area contributed by atoms with Gasteiger partial charge in [-0.15, -0.1) is 0 Å². The number of rotatable bonds is 7. The molecule has 3 aromatic heterocycles. The zero-order valence-corrected chi connectivity index (χ0v) is 20.8. The van der Waals surface area contributed by atoms with Gasteiger partial charge in [-0.05, 0) is 85.5 Å². The highest BCUT2D eigenvalue weighted by atomic mass is 32.2. The minimum Gasteiger partial charge on any atom is -0.771 e. The van der Waals surface area contributed by atoms with Gasteiger partial charge in [0.05, 0.1) is 29.4 Å². The van der Waals surface area contributed by atoms with Crippen molar-refractivity contribution < 1.29 is 13.5 Å². The molecule has 0 bridgehead atoms. The van der Waals surface area contributed by atoms with E-state index in [1.54, 1.807) is 12.4 Å². The van der Waals surface area contributed by atoms with Gasteiger partial charge in [-0.1, -0.05) is 13.8 Å². The largest absolute Gasteiger partial charge is 0.771 e. The van der Waals surface area contributed by atoms with Gasteiger partial charge >= 0.3 is 0 Å². The number of piperidine rings is 1. The van der Waals surface area contributed by atoms with Crippen molar-refractivity contribution in [2.75, 3.05) is 19.7 Å².